The van der Waals surface area contributed by atoms with Gasteiger partial charge >= 0.3 is 0 Å². The van der Waals surface area contributed by atoms with E-state index in [2.05, 4.69) is 54.5 Å². The Morgan fingerprint density at radius 2 is 1.71 bits per heavy atom. The van der Waals surface area contributed by atoms with E-state index in [0.29, 0.717) is 0 Å². The molecule has 0 saturated heterocycles. The van der Waals surface area contributed by atoms with E-state index in [9.17, 15) is 0 Å². The summed E-state index contributed by atoms with van der Waals surface area (Å²) in [7, 11) is 1.99. The number of hydrogen-bond acceptors (Lipinski definition) is 2. The molecule has 0 aliphatic heterocycles. The summed E-state index contributed by atoms with van der Waals surface area (Å²) in [5.41, 5.74) is 5.12. The number of nitrogens with zero attached hydrogens (tertiary/aromatic N) is 1. The van der Waals surface area contributed by atoms with Crippen LogP contribution in [0.2, 0.25) is 0 Å². The second kappa shape index (κ2) is 5.11. The van der Waals surface area contributed by atoms with E-state index in [0.717, 1.165) is 0 Å². The summed E-state index contributed by atoms with van der Waals surface area (Å²) in [5, 5.41) is 3.38. The number of hydrogen-bond donors (Lipinski definition) is 1. The molecule has 1 aromatic carbocycles. The molecule has 0 aliphatic carbocycles. The van der Waals surface area contributed by atoms with Crippen LogP contribution < -0.4 is 5.32 Å². The van der Waals surface area contributed by atoms with Crippen molar-refractivity contribution in [3.05, 3.63) is 65.0 Å². The Labute approximate surface area is 103 Å². The van der Waals surface area contributed by atoms with Gasteiger partial charge in [0.2, 0.25) is 0 Å². The monoisotopic (exact) mass is 226 g/mol. The number of aryl methyl sites for hydroxylation is 2. The SMILES string of the molecule is CNC(c1ccccc1C)c1cnccc1C. The summed E-state index contributed by atoms with van der Waals surface area (Å²) >= 11 is 0. The van der Waals surface area contributed by atoms with Crippen LogP contribution in [0, 0.1) is 13.8 Å². The second-order valence-corrected chi connectivity index (χ2v) is 4.31. The molecule has 1 N–H and O–H groups in total. The van der Waals surface area contributed by atoms with E-state index in [1.807, 2.05) is 19.4 Å². The zero-order valence-corrected chi connectivity index (χ0v) is 10.6. The maximum Gasteiger partial charge on any atom is 0.0594 e. The van der Waals surface area contributed by atoms with Gasteiger partial charge in [0.15, 0.2) is 0 Å². The van der Waals surface area contributed by atoms with Crippen LogP contribution in [-0.2, 0) is 0 Å². The minimum atomic E-state index is 0.213. The highest BCUT2D eigenvalue weighted by molar-refractivity contribution is 5.38. The van der Waals surface area contributed by atoms with Crippen molar-refractivity contribution < 1.29 is 0 Å². The van der Waals surface area contributed by atoms with Crippen molar-refractivity contribution in [1.29, 1.82) is 0 Å². The molecule has 0 saturated carbocycles. The molecule has 2 aromatic rings. The lowest BCUT2D eigenvalue weighted by molar-refractivity contribution is 0.680. The maximum atomic E-state index is 4.23. The lowest BCUT2D eigenvalue weighted by atomic mass is 9.94. The molecule has 1 atom stereocenters. The normalized spacial score (nSPS) is 12.4. The van der Waals surface area contributed by atoms with Gasteiger partial charge in [-0.1, -0.05) is 24.3 Å². The minimum absolute atomic E-state index is 0.213. The van der Waals surface area contributed by atoms with Gasteiger partial charge in [0.05, 0.1) is 6.04 Å². The first-order chi connectivity index (χ1) is 8.24. The van der Waals surface area contributed by atoms with Crippen LogP contribution in [0.25, 0.3) is 0 Å². The van der Waals surface area contributed by atoms with Crippen molar-refractivity contribution in [1.82, 2.24) is 10.3 Å². The molecule has 17 heavy (non-hydrogen) atoms. The van der Waals surface area contributed by atoms with Crippen LogP contribution >= 0.6 is 0 Å². The van der Waals surface area contributed by atoms with Gasteiger partial charge in [-0.15, -0.1) is 0 Å². The first kappa shape index (κ1) is 11.8. The molecule has 2 rings (SSSR count). The predicted octanol–water partition coefficient (Wildman–Crippen LogP) is 3.01. The zero-order chi connectivity index (χ0) is 12.3. The van der Waals surface area contributed by atoms with Crippen molar-refractivity contribution in [3.8, 4) is 0 Å². The summed E-state index contributed by atoms with van der Waals surface area (Å²) in [5.74, 6) is 0. The molecule has 0 spiro atoms. The molecular formula is C15H18N2. The van der Waals surface area contributed by atoms with E-state index in [1.54, 1.807) is 0 Å². The maximum absolute atomic E-state index is 4.23. The molecule has 2 nitrogen and oxygen atoms in total. The van der Waals surface area contributed by atoms with Crippen molar-refractivity contribution >= 4 is 0 Å². The smallest absolute Gasteiger partial charge is 0.0594 e. The first-order valence-electron chi connectivity index (χ1n) is 5.87. The van der Waals surface area contributed by atoms with E-state index >= 15 is 0 Å². The quantitative estimate of drug-likeness (QED) is 0.870. The largest absolute Gasteiger partial charge is 0.309 e. The van der Waals surface area contributed by atoms with Crippen LogP contribution in [-0.4, -0.2) is 12.0 Å². The third-order valence-electron chi connectivity index (χ3n) is 3.18. The molecule has 88 valence electrons. The lowest BCUT2D eigenvalue weighted by Gasteiger charge is -2.20. The number of rotatable bonds is 3. The Hall–Kier alpha value is -1.67. The molecule has 0 radical (unpaired) electrons. The molecule has 1 heterocycles. The third kappa shape index (κ3) is 2.37. The number of nitrogens with one attached hydrogen (secondary N) is 1. The molecule has 1 aromatic heterocycles. The van der Waals surface area contributed by atoms with Crippen molar-refractivity contribution in [3.63, 3.8) is 0 Å². The average molecular weight is 226 g/mol. The van der Waals surface area contributed by atoms with E-state index < -0.39 is 0 Å². The predicted molar refractivity (Wildman–Crippen MR) is 71.1 cm³/mol. The summed E-state index contributed by atoms with van der Waals surface area (Å²) in [6.45, 7) is 4.27. The second-order valence-electron chi connectivity index (χ2n) is 4.31. The van der Waals surface area contributed by atoms with Crippen LogP contribution in [0.15, 0.2) is 42.7 Å². The molecule has 0 amide bonds. The van der Waals surface area contributed by atoms with Gasteiger partial charge in [-0.3, -0.25) is 4.98 Å². The molecule has 0 bridgehead atoms. The fourth-order valence-electron chi connectivity index (χ4n) is 2.17. The Balaban J connectivity index is 2.48. The van der Waals surface area contributed by atoms with Crippen molar-refractivity contribution in [2.75, 3.05) is 7.05 Å². The van der Waals surface area contributed by atoms with E-state index in [1.165, 1.54) is 22.3 Å². The van der Waals surface area contributed by atoms with Crippen LogP contribution in [0.1, 0.15) is 28.3 Å². The Bertz CT molecular complexity index is 460. The first-order valence-corrected chi connectivity index (χ1v) is 5.87. The summed E-state index contributed by atoms with van der Waals surface area (Å²) < 4.78 is 0. The molecule has 0 aliphatic rings. The van der Waals surface area contributed by atoms with Crippen molar-refractivity contribution in [2.45, 2.75) is 19.9 Å². The zero-order valence-electron chi connectivity index (χ0n) is 10.6. The third-order valence-corrected chi connectivity index (χ3v) is 3.18. The highest BCUT2D eigenvalue weighted by Crippen LogP contribution is 2.25. The van der Waals surface area contributed by atoms with Gasteiger partial charge in [0.1, 0.15) is 0 Å². The number of pyridine rings is 1. The molecule has 1 unspecified atom stereocenters. The van der Waals surface area contributed by atoms with Gasteiger partial charge in [-0.25, -0.2) is 0 Å². The summed E-state index contributed by atoms with van der Waals surface area (Å²) in [4.78, 5) is 4.23. The lowest BCUT2D eigenvalue weighted by Crippen LogP contribution is -2.19. The molecular weight excluding hydrogens is 208 g/mol. The average Bonchev–Trinajstić information content (AvgIpc) is 2.34. The van der Waals surface area contributed by atoms with Crippen LogP contribution in [0.4, 0.5) is 0 Å². The number of aromatic nitrogens is 1. The van der Waals surface area contributed by atoms with Crippen molar-refractivity contribution in [2.24, 2.45) is 0 Å². The van der Waals surface area contributed by atoms with E-state index in [4.69, 9.17) is 0 Å². The highest BCUT2D eigenvalue weighted by atomic mass is 14.9. The van der Waals surface area contributed by atoms with Gasteiger partial charge < -0.3 is 5.32 Å². The highest BCUT2D eigenvalue weighted by Gasteiger charge is 2.15. The van der Waals surface area contributed by atoms with Gasteiger partial charge in [0, 0.05) is 12.4 Å². The standard InChI is InChI=1S/C15H18N2/c1-11-6-4-5-7-13(11)15(16-3)14-10-17-9-8-12(14)2/h4-10,15-16H,1-3H3. The Kier molecular flexibility index (Phi) is 3.55. The molecule has 2 heteroatoms. The summed E-state index contributed by atoms with van der Waals surface area (Å²) in [6, 6.07) is 10.7. The van der Waals surface area contributed by atoms with Gasteiger partial charge in [-0.05, 0) is 49.2 Å². The molecule has 0 fully saturated rings. The van der Waals surface area contributed by atoms with Gasteiger partial charge in [-0.2, -0.15) is 0 Å². The topological polar surface area (TPSA) is 24.9 Å². The van der Waals surface area contributed by atoms with Crippen LogP contribution in [0.5, 0.6) is 0 Å². The fraction of sp³-hybridized carbons (Fsp3) is 0.267. The number of benzene rings is 1. The Morgan fingerprint density at radius 3 is 2.35 bits per heavy atom. The van der Waals surface area contributed by atoms with Crippen LogP contribution in [0.3, 0.4) is 0 Å². The minimum Gasteiger partial charge on any atom is -0.309 e. The fourth-order valence-corrected chi connectivity index (χ4v) is 2.17. The van der Waals surface area contributed by atoms with E-state index in [-0.39, 0.29) is 6.04 Å². The Morgan fingerprint density at radius 1 is 1.00 bits per heavy atom. The van der Waals surface area contributed by atoms with Gasteiger partial charge in [0.25, 0.3) is 0 Å². The summed E-state index contributed by atoms with van der Waals surface area (Å²) in [6.07, 6.45) is 3.78.